The van der Waals surface area contributed by atoms with Crippen molar-refractivity contribution in [2.24, 2.45) is 0 Å². The Morgan fingerprint density at radius 1 is 1.09 bits per heavy atom. The molecule has 1 aliphatic carbocycles. The van der Waals surface area contributed by atoms with E-state index in [4.69, 9.17) is 14.2 Å². The van der Waals surface area contributed by atoms with Gasteiger partial charge in [-0.15, -0.1) is 0 Å². The first-order valence-electron chi connectivity index (χ1n) is 6.79. The van der Waals surface area contributed by atoms with E-state index in [0.717, 1.165) is 7.11 Å². The summed E-state index contributed by atoms with van der Waals surface area (Å²) in [7, 11) is 3.62. The number of esters is 2. The molecule has 0 N–H and O–H groups in total. The predicted octanol–water partition coefficient (Wildman–Crippen LogP) is 0.724. The number of ether oxygens (including phenoxy) is 4. The Hall–Kier alpha value is -2.51. The van der Waals surface area contributed by atoms with Crippen molar-refractivity contribution in [3.05, 3.63) is 41.0 Å². The van der Waals surface area contributed by atoms with Crippen molar-refractivity contribution < 1.29 is 33.3 Å². The highest BCUT2D eigenvalue weighted by Gasteiger charge is 2.62. The number of hydrogen-bond donors (Lipinski definition) is 0. The van der Waals surface area contributed by atoms with Crippen molar-refractivity contribution in [3.63, 3.8) is 0 Å². The number of benzene rings is 1. The van der Waals surface area contributed by atoms with Gasteiger partial charge in [-0.25, -0.2) is 9.59 Å². The lowest BCUT2D eigenvalue weighted by molar-refractivity contribution is -0.180. The molecule has 7 nitrogen and oxygen atoms in total. The number of methoxy groups -OCH3 is 3. The lowest BCUT2D eigenvalue weighted by atomic mass is 9.98. The van der Waals surface area contributed by atoms with Gasteiger partial charge >= 0.3 is 11.9 Å². The third kappa shape index (κ3) is 1.87. The Balaban J connectivity index is 2.33. The van der Waals surface area contributed by atoms with Gasteiger partial charge in [0.15, 0.2) is 6.10 Å². The highest BCUT2D eigenvalue weighted by molar-refractivity contribution is 6.24. The average Bonchev–Trinajstić information content (AvgIpc) is 3.06. The summed E-state index contributed by atoms with van der Waals surface area (Å²) in [6.07, 6.45) is -1.39. The standard InChI is InChI=1S/C16H14O7/c1-20-14(18)10-11-8-6-4-5-7-9(8)13(17)16(11,22-3)23-12(10)15(19)21-2/h4-7,12H,1-3H3/t12-,16+/m0/s1. The van der Waals surface area contributed by atoms with Gasteiger partial charge in [0, 0.05) is 18.2 Å². The van der Waals surface area contributed by atoms with Gasteiger partial charge in [0.2, 0.25) is 5.78 Å². The van der Waals surface area contributed by atoms with Crippen LogP contribution < -0.4 is 0 Å². The van der Waals surface area contributed by atoms with Crippen LogP contribution in [0.25, 0.3) is 5.57 Å². The van der Waals surface area contributed by atoms with Crippen LogP contribution >= 0.6 is 0 Å². The molecule has 0 radical (unpaired) electrons. The maximum absolute atomic E-state index is 12.8. The Bertz CT molecular complexity index is 749. The van der Waals surface area contributed by atoms with Gasteiger partial charge in [0.1, 0.15) is 0 Å². The maximum atomic E-state index is 12.8. The Morgan fingerprint density at radius 2 is 1.74 bits per heavy atom. The average molecular weight is 318 g/mol. The van der Waals surface area contributed by atoms with Gasteiger partial charge in [-0.05, 0) is 5.56 Å². The Kier molecular flexibility index (Phi) is 3.54. The van der Waals surface area contributed by atoms with Gasteiger partial charge in [-0.3, -0.25) is 4.79 Å². The van der Waals surface area contributed by atoms with Gasteiger partial charge in [-0.1, -0.05) is 24.3 Å². The first-order chi connectivity index (χ1) is 11.0. The molecule has 0 bridgehead atoms. The molecule has 0 fully saturated rings. The van der Waals surface area contributed by atoms with E-state index in [-0.39, 0.29) is 11.1 Å². The van der Waals surface area contributed by atoms with E-state index in [2.05, 4.69) is 4.74 Å². The van der Waals surface area contributed by atoms with Crippen molar-refractivity contribution in [3.8, 4) is 0 Å². The number of hydrogen-bond acceptors (Lipinski definition) is 7. The SMILES string of the molecule is COC(=O)C1=C2c3ccccc3C(=O)[C@]2(OC)O[C@@H]1C(=O)OC. The minimum absolute atomic E-state index is 0.0838. The van der Waals surface area contributed by atoms with Crippen LogP contribution in [0.2, 0.25) is 0 Å². The number of fused-ring (bicyclic) bond motifs is 3. The van der Waals surface area contributed by atoms with Gasteiger partial charge in [0.05, 0.1) is 19.8 Å². The van der Waals surface area contributed by atoms with Crippen molar-refractivity contribution in [1.29, 1.82) is 0 Å². The molecule has 2 atom stereocenters. The summed E-state index contributed by atoms with van der Waals surface area (Å²) >= 11 is 0. The molecule has 1 heterocycles. The van der Waals surface area contributed by atoms with E-state index in [1.807, 2.05) is 0 Å². The molecule has 0 saturated heterocycles. The largest absolute Gasteiger partial charge is 0.467 e. The molecule has 120 valence electrons. The highest BCUT2D eigenvalue weighted by Crippen LogP contribution is 2.51. The van der Waals surface area contributed by atoms with Crippen LogP contribution in [0.4, 0.5) is 0 Å². The third-order valence-corrected chi connectivity index (χ3v) is 3.99. The van der Waals surface area contributed by atoms with Gasteiger partial charge < -0.3 is 18.9 Å². The number of carbonyl (C=O) groups excluding carboxylic acids is 3. The first kappa shape index (κ1) is 15.4. The molecule has 1 aliphatic heterocycles. The summed E-state index contributed by atoms with van der Waals surface area (Å²) in [5.74, 6) is -3.90. The molecule has 3 rings (SSSR count). The molecule has 0 spiro atoms. The van der Waals surface area contributed by atoms with Crippen LogP contribution in [0.5, 0.6) is 0 Å². The summed E-state index contributed by atoms with van der Waals surface area (Å²) in [5, 5.41) is 0. The zero-order valence-corrected chi connectivity index (χ0v) is 12.7. The van der Waals surface area contributed by atoms with E-state index in [0.29, 0.717) is 11.1 Å². The summed E-state index contributed by atoms with van der Waals surface area (Å²) in [6, 6.07) is 6.67. The van der Waals surface area contributed by atoms with Crippen LogP contribution in [-0.2, 0) is 28.5 Å². The van der Waals surface area contributed by atoms with E-state index >= 15 is 0 Å². The maximum Gasteiger partial charge on any atom is 0.340 e. The number of rotatable bonds is 3. The van der Waals surface area contributed by atoms with E-state index < -0.39 is 29.6 Å². The minimum Gasteiger partial charge on any atom is -0.467 e. The third-order valence-electron chi connectivity index (χ3n) is 3.99. The quantitative estimate of drug-likeness (QED) is 0.759. The second-order valence-corrected chi connectivity index (χ2v) is 5.00. The van der Waals surface area contributed by atoms with E-state index in [1.165, 1.54) is 14.2 Å². The van der Waals surface area contributed by atoms with Crippen molar-refractivity contribution in [1.82, 2.24) is 0 Å². The lowest BCUT2D eigenvalue weighted by Crippen LogP contribution is -2.41. The lowest BCUT2D eigenvalue weighted by Gasteiger charge is -2.23. The van der Waals surface area contributed by atoms with E-state index in [9.17, 15) is 14.4 Å². The number of ketones is 1. The monoisotopic (exact) mass is 318 g/mol. The zero-order valence-electron chi connectivity index (χ0n) is 12.7. The molecule has 7 heteroatoms. The topological polar surface area (TPSA) is 88.1 Å². The summed E-state index contributed by atoms with van der Waals surface area (Å²) < 4.78 is 20.3. The second-order valence-electron chi connectivity index (χ2n) is 5.00. The van der Waals surface area contributed by atoms with Crippen LogP contribution in [-0.4, -0.2) is 50.9 Å². The fourth-order valence-corrected chi connectivity index (χ4v) is 2.99. The van der Waals surface area contributed by atoms with Gasteiger partial charge in [-0.2, -0.15) is 0 Å². The van der Waals surface area contributed by atoms with Crippen molar-refractivity contribution >= 4 is 23.3 Å². The summed E-state index contributed by atoms with van der Waals surface area (Å²) in [6.45, 7) is 0. The normalized spacial score (nSPS) is 25.2. The predicted molar refractivity (Wildman–Crippen MR) is 76.3 cm³/mol. The molecule has 1 aromatic rings. The Labute approximate surface area is 131 Å². The zero-order chi connectivity index (χ0) is 16.8. The second kappa shape index (κ2) is 5.29. The van der Waals surface area contributed by atoms with Crippen LogP contribution in [0.3, 0.4) is 0 Å². The molecular formula is C16H14O7. The molecule has 0 saturated carbocycles. The first-order valence-corrected chi connectivity index (χ1v) is 6.79. The molecule has 0 amide bonds. The minimum atomic E-state index is -1.84. The van der Waals surface area contributed by atoms with Crippen molar-refractivity contribution in [2.45, 2.75) is 11.9 Å². The molecular weight excluding hydrogens is 304 g/mol. The van der Waals surface area contributed by atoms with Crippen molar-refractivity contribution in [2.75, 3.05) is 21.3 Å². The van der Waals surface area contributed by atoms with E-state index in [1.54, 1.807) is 24.3 Å². The Morgan fingerprint density at radius 3 is 2.30 bits per heavy atom. The highest BCUT2D eigenvalue weighted by atomic mass is 16.7. The molecule has 0 unspecified atom stereocenters. The fourth-order valence-electron chi connectivity index (χ4n) is 2.99. The molecule has 2 aliphatic rings. The van der Waals surface area contributed by atoms with Gasteiger partial charge in [0.25, 0.3) is 5.79 Å². The number of Topliss-reactive ketones (excluding diaryl/α,β-unsaturated/α-hetero) is 1. The summed E-state index contributed by atoms with van der Waals surface area (Å²) in [5.41, 5.74) is 0.947. The number of carbonyl (C=O) groups is 3. The fraction of sp³-hybridized carbons (Fsp3) is 0.312. The smallest absolute Gasteiger partial charge is 0.340 e. The molecule has 1 aromatic carbocycles. The molecule has 0 aromatic heterocycles. The summed E-state index contributed by atoms with van der Waals surface area (Å²) in [4.78, 5) is 37.0. The van der Waals surface area contributed by atoms with Crippen LogP contribution in [0.15, 0.2) is 29.8 Å². The van der Waals surface area contributed by atoms with Crippen LogP contribution in [0.1, 0.15) is 15.9 Å². The molecule has 23 heavy (non-hydrogen) atoms. The van der Waals surface area contributed by atoms with Crippen LogP contribution in [0, 0.1) is 0 Å².